The Hall–Kier alpha value is -1.14. The summed E-state index contributed by atoms with van der Waals surface area (Å²) in [7, 11) is 1.66. The van der Waals surface area contributed by atoms with Gasteiger partial charge in [-0.25, -0.2) is 4.98 Å². The van der Waals surface area contributed by atoms with Crippen LogP contribution in [0.15, 0.2) is 24.5 Å². The molecule has 0 aromatic carbocycles. The van der Waals surface area contributed by atoms with E-state index in [-0.39, 0.29) is 0 Å². The molecule has 2 aromatic heterocycles. The lowest BCUT2D eigenvalue weighted by Gasteiger charge is -2.04. The van der Waals surface area contributed by atoms with E-state index < -0.39 is 0 Å². The lowest BCUT2D eigenvalue weighted by Crippen LogP contribution is -2.20. The van der Waals surface area contributed by atoms with Crippen LogP contribution < -0.4 is 5.32 Å². The first-order chi connectivity index (χ1) is 9.29. The maximum Gasteiger partial charge on any atom is 0.137 e. The smallest absolute Gasteiger partial charge is 0.137 e. The van der Waals surface area contributed by atoms with Crippen LogP contribution in [0.25, 0.3) is 5.65 Å². The van der Waals surface area contributed by atoms with Crippen molar-refractivity contribution in [2.45, 2.75) is 6.54 Å². The minimum Gasteiger partial charge on any atom is -0.382 e. The molecule has 0 saturated carbocycles. The number of nitrogens with one attached hydrogen (secondary N) is 1. The largest absolute Gasteiger partial charge is 0.382 e. The third-order valence-corrected chi connectivity index (χ3v) is 2.85. The third-order valence-electron chi connectivity index (χ3n) is 2.63. The molecule has 0 aliphatic carbocycles. The Labute approximate surface area is 117 Å². The SMILES string of the molecule is COCCOCCNCc1cn2cc(Cl)ccc2n1. The molecular weight excluding hydrogens is 266 g/mol. The number of pyridine rings is 1. The van der Waals surface area contributed by atoms with Crippen molar-refractivity contribution in [3.8, 4) is 0 Å². The van der Waals surface area contributed by atoms with Gasteiger partial charge < -0.3 is 19.2 Å². The molecule has 0 unspecified atom stereocenters. The van der Waals surface area contributed by atoms with E-state index in [1.165, 1.54) is 0 Å². The highest BCUT2D eigenvalue weighted by atomic mass is 35.5. The van der Waals surface area contributed by atoms with Crippen LogP contribution >= 0.6 is 11.6 Å². The van der Waals surface area contributed by atoms with Crippen LogP contribution in [0, 0.1) is 0 Å². The predicted octanol–water partition coefficient (Wildman–Crippen LogP) is 1.74. The normalized spacial score (nSPS) is 11.3. The van der Waals surface area contributed by atoms with Gasteiger partial charge in [0.15, 0.2) is 0 Å². The van der Waals surface area contributed by atoms with Gasteiger partial charge in [-0.3, -0.25) is 0 Å². The van der Waals surface area contributed by atoms with Crippen LogP contribution in [0.3, 0.4) is 0 Å². The number of aromatic nitrogens is 2. The maximum absolute atomic E-state index is 5.92. The summed E-state index contributed by atoms with van der Waals surface area (Å²) >= 11 is 5.92. The summed E-state index contributed by atoms with van der Waals surface area (Å²) in [5.74, 6) is 0. The lowest BCUT2D eigenvalue weighted by atomic mass is 10.4. The van der Waals surface area contributed by atoms with Crippen molar-refractivity contribution in [1.82, 2.24) is 14.7 Å². The van der Waals surface area contributed by atoms with E-state index in [1.807, 2.05) is 28.9 Å². The Balaban J connectivity index is 1.72. The first-order valence-electron chi connectivity index (χ1n) is 6.20. The molecular formula is C13H18ClN3O2. The first-order valence-corrected chi connectivity index (χ1v) is 6.58. The summed E-state index contributed by atoms with van der Waals surface area (Å²) in [4.78, 5) is 4.48. The average molecular weight is 284 g/mol. The van der Waals surface area contributed by atoms with Gasteiger partial charge in [0.1, 0.15) is 5.65 Å². The zero-order valence-electron chi connectivity index (χ0n) is 10.9. The second-order valence-electron chi connectivity index (χ2n) is 4.13. The summed E-state index contributed by atoms with van der Waals surface area (Å²) in [6, 6.07) is 3.74. The fourth-order valence-electron chi connectivity index (χ4n) is 1.71. The predicted molar refractivity (Wildman–Crippen MR) is 74.6 cm³/mol. The van der Waals surface area contributed by atoms with Crippen LogP contribution in [-0.4, -0.2) is 42.9 Å². The quantitative estimate of drug-likeness (QED) is 0.750. The number of methoxy groups -OCH3 is 1. The standard InChI is InChI=1S/C13H18ClN3O2/c1-18-6-7-19-5-4-15-8-12-10-17-9-11(14)2-3-13(17)16-12/h2-3,9-10,15H,4-8H2,1H3. The van der Waals surface area contributed by atoms with Crippen molar-refractivity contribution in [2.24, 2.45) is 0 Å². The molecule has 0 fully saturated rings. The van der Waals surface area contributed by atoms with E-state index in [1.54, 1.807) is 7.11 Å². The summed E-state index contributed by atoms with van der Waals surface area (Å²) < 4.78 is 12.2. The third kappa shape index (κ3) is 4.47. The van der Waals surface area contributed by atoms with Gasteiger partial charge in [-0.15, -0.1) is 0 Å². The van der Waals surface area contributed by atoms with Gasteiger partial charge in [0, 0.05) is 32.6 Å². The maximum atomic E-state index is 5.92. The second kappa shape index (κ2) is 7.45. The molecule has 0 spiro atoms. The Kier molecular flexibility index (Phi) is 5.60. The van der Waals surface area contributed by atoms with Gasteiger partial charge in [0.2, 0.25) is 0 Å². The number of halogens is 1. The highest BCUT2D eigenvalue weighted by Crippen LogP contribution is 2.11. The van der Waals surface area contributed by atoms with E-state index in [0.717, 1.165) is 17.9 Å². The van der Waals surface area contributed by atoms with E-state index in [9.17, 15) is 0 Å². The summed E-state index contributed by atoms with van der Waals surface area (Å²) in [5.41, 5.74) is 1.89. The van der Waals surface area contributed by atoms with E-state index in [0.29, 0.717) is 31.4 Å². The molecule has 0 amide bonds. The molecule has 19 heavy (non-hydrogen) atoms. The number of hydrogen-bond acceptors (Lipinski definition) is 4. The molecule has 0 aliphatic heterocycles. The molecule has 0 bridgehead atoms. The zero-order valence-corrected chi connectivity index (χ0v) is 11.7. The van der Waals surface area contributed by atoms with Crippen LogP contribution in [0.4, 0.5) is 0 Å². The van der Waals surface area contributed by atoms with Gasteiger partial charge in [-0.1, -0.05) is 11.6 Å². The lowest BCUT2D eigenvalue weighted by molar-refractivity contribution is 0.0719. The molecule has 0 aliphatic rings. The molecule has 0 saturated heterocycles. The minimum atomic E-state index is 0.630. The van der Waals surface area contributed by atoms with Crippen LogP contribution in [0.2, 0.25) is 5.02 Å². The van der Waals surface area contributed by atoms with Crippen LogP contribution in [0.1, 0.15) is 5.69 Å². The van der Waals surface area contributed by atoms with E-state index in [2.05, 4.69) is 10.3 Å². The number of rotatable bonds is 8. The van der Waals surface area contributed by atoms with Crippen molar-refractivity contribution in [1.29, 1.82) is 0 Å². The van der Waals surface area contributed by atoms with Crippen molar-refractivity contribution < 1.29 is 9.47 Å². The van der Waals surface area contributed by atoms with Gasteiger partial charge in [-0.2, -0.15) is 0 Å². The van der Waals surface area contributed by atoms with Crippen molar-refractivity contribution in [3.05, 3.63) is 35.2 Å². The second-order valence-corrected chi connectivity index (χ2v) is 4.56. The topological polar surface area (TPSA) is 47.8 Å². The monoisotopic (exact) mass is 283 g/mol. The van der Waals surface area contributed by atoms with Crippen LogP contribution in [0.5, 0.6) is 0 Å². The minimum absolute atomic E-state index is 0.630. The Bertz CT molecular complexity index is 516. The fraction of sp³-hybridized carbons (Fsp3) is 0.462. The molecule has 0 radical (unpaired) electrons. The highest BCUT2D eigenvalue weighted by Gasteiger charge is 2.01. The van der Waals surface area contributed by atoms with Gasteiger partial charge >= 0.3 is 0 Å². The Morgan fingerprint density at radius 1 is 1.26 bits per heavy atom. The fourth-order valence-corrected chi connectivity index (χ4v) is 1.88. The van der Waals surface area contributed by atoms with E-state index >= 15 is 0 Å². The first kappa shape index (κ1) is 14.3. The highest BCUT2D eigenvalue weighted by molar-refractivity contribution is 6.30. The van der Waals surface area contributed by atoms with Crippen molar-refractivity contribution in [2.75, 3.05) is 33.5 Å². The zero-order chi connectivity index (χ0) is 13.5. The van der Waals surface area contributed by atoms with E-state index in [4.69, 9.17) is 21.1 Å². The molecule has 6 heteroatoms. The Morgan fingerprint density at radius 2 is 2.16 bits per heavy atom. The number of ether oxygens (including phenoxy) is 2. The molecule has 2 aromatic rings. The van der Waals surface area contributed by atoms with Gasteiger partial charge in [-0.05, 0) is 12.1 Å². The number of imidazole rings is 1. The number of nitrogens with zero attached hydrogens (tertiary/aromatic N) is 2. The average Bonchev–Trinajstić information content (AvgIpc) is 2.79. The molecule has 104 valence electrons. The van der Waals surface area contributed by atoms with Gasteiger partial charge in [0.25, 0.3) is 0 Å². The molecule has 0 atom stereocenters. The van der Waals surface area contributed by atoms with Crippen molar-refractivity contribution >= 4 is 17.2 Å². The van der Waals surface area contributed by atoms with Crippen molar-refractivity contribution in [3.63, 3.8) is 0 Å². The molecule has 5 nitrogen and oxygen atoms in total. The molecule has 1 N–H and O–H groups in total. The number of hydrogen-bond donors (Lipinski definition) is 1. The summed E-state index contributed by atoms with van der Waals surface area (Å²) in [6.07, 6.45) is 3.82. The molecule has 2 rings (SSSR count). The number of fused-ring (bicyclic) bond motifs is 1. The summed E-state index contributed by atoms with van der Waals surface area (Å²) in [5, 5.41) is 3.98. The Morgan fingerprint density at radius 3 is 3.00 bits per heavy atom. The van der Waals surface area contributed by atoms with Gasteiger partial charge in [0.05, 0.1) is 30.5 Å². The summed E-state index contributed by atoms with van der Waals surface area (Å²) in [6.45, 7) is 3.44. The molecule has 2 heterocycles. The van der Waals surface area contributed by atoms with Crippen LogP contribution in [-0.2, 0) is 16.0 Å².